The Hall–Kier alpha value is -3.21. The maximum Gasteiger partial charge on any atom is 0.138 e. The number of rotatable bonds is 3. The lowest BCUT2D eigenvalue weighted by Crippen LogP contribution is -2.09. The molecule has 0 aliphatic rings. The molecule has 0 saturated carbocycles. The van der Waals surface area contributed by atoms with Crippen molar-refractivity contribution in [3.63, 3.8) is 0 Å². The molecule has 3 heterocycles. The molecule has 0 radical (unpaired) electrons. The van der Waals surface area contributed by atoms with Gasteiger partial charge in [-0.2, -0.15) is 0 Å². The van der Waals surface area contributed by atoms with Crippen LogP contribution >= 0.6 is 0 Å². The summed E-state index contributed by atoms with van der Waals surface area (Å²) >= 11 is 0. The summed E-state index contributed by atoms with van der Waals surface area (Å²) in [4.78, 5) is 18.5. The second kappa shape index (κ2) is 5.77. The molecule has 0 atom stereocenters. The lowest BCUT2D eigenvalue weighted by molar-refractivity contribution is 1.07. The van der Waals surface area contributed by atoms with Gasteiger partial charge >= 0.3 is 0 Å². The van der Waals surface area contributed by atoms with Crippen molar-refractivity contribution >= 4 is 16.9 Å². The SMILES string of the molecule is CN(C)c1ccc(-c2ccc(-c3nc4ccncc4[nH]3)cc2)cn1. The van der Waals surface area contributed by atoms with Crippen LogP contribution in [0.1, 0.15) is 0 Å². The highest BCUT2D eigenvalue weighted by atomic mass is 15.1. The van der Waals surface area contributed by atoms with Crippen LogP contribution in [-0.4, -0.2) is 34.0 Å². The van der Waals surface area contributed by atoms with Gasteiger partial charge in [0.2, 0.25) is 0 Å². The number of aromatic nitrogens is 4. The number of hydrogen-bond donors (Lipinski definition) is 1. The number of hydrogen-bond acceptors (Lipinski definition) is 4. The van der Waals surface area contributed by atoms with E-state index in [4.69, 9.17) is 0 Å². The standard InChI is InChI=1S/C19H17N5/c1-24(2)18-8-7-15(11-21-18)13-3-5-14(6-4-13)19-22-16-9-10-20-12-17(16)23-19/h3-12H,1-2H3,(H,22,23). The average Bonchev–Trinajstić information content (AvgIpc) is 3.06. The Morgan fingerprint density at radius 1 is 0.833 bits per heavy atom. The highest BCUT2D eigenvalue weighted by molar-refractivity contribution is 5.78. The van der Waals surface area contributed by atoms with Gasteiger partial charge < -0.3 is 9.88 Å². The number of pyridine rings is 2. The molecule has 0 saturated heterocycles. The van der Waals surface area contributed by atoms with Gasteiger partial charge in [-0.3, -0.25) is 4.98 Å². The van der Waals surface area contributed by atoms with Crippen molar-refractivity contribution in [2.45, 2.75) is 0 Å². The Kier molecular flexibility index (Phi) is 3.46. The van der Waals surface area contributed by atoms with Crippen molar-refractivity contribution in [3.05, 3.63) is 61.1 Å². The predicted molar refractivity (Wildman–Crippen MR) is 96.9 cm³/mol. The summed E-state index contributed by atoms with van der Waals surface area (Å²) < 4.78 is 0. The van der Waals surface area contributed by atoms with Crippen molar-refractivity contribution in [2.75, 3.05) is 19.0 Å². The summed E-state index contributed by atoms with van der Waals surface area (Å²) in [6.07, 6.45) is 5.44. The largest absolute Gasteiger partial charge is 0.363 e. The van der Waals surface area contributed by atoms with Gasteiger partial charge in [-0.05, 0) is 23.8 Å². The maximum absolute atomic E-state index is 4.60. The third kappa shape index (κ3) is 2.60. The monoisotopic (exact) mass is 315 g/mol. The summed E-state index contributed by atoms with van der Waals surface area (Å²) in [7, 11) is 3.97. The van der Waals surface area contributed by atoms with Gasteiger partial charge in [0.15, 0.2) is 0 Å². The Morgan fingerprint density at radius 3 is 2.25 bits per heavy atom. The molecule has 5 nitrogen and oxygen atoms in total. The van der Waals surface area contributed by atoms with E-state index in [1.54, 1.807) is 12.4 Å². The minimum Gasteiger partial charge on any atom is -0.363 e. The summed E-state index contributed by atoms with van der Waals surface area (Å²) in [6.45, 7) is 0. The fraction of sp³-hybridized carbons (Fsp3) is 0.105. The Balaban J connectivity index is 1.64. The van der Waals surface area contributed by atoms with Crippen LogP contribution in [0.2, 0.25) is 0 Å². The molecule has 4 rings (SSSR count). The fourth-order valence-corrected chi connectivity index (χ4v) is 2.64. The van der Waals surface area contributed by atoms with Crippen molar-refractivity contribution in [1.29, 1.82) is 0 Å². The summed E-state index contributed by atoms with van der Waals surface area (Å²) in [6, 6.07) is 14.3. The molecular formula is C19H17N5. The lowest BCUT2D eigenvalue weighted by Gasteiger charge is -2.11. The van der Waals surface area contributed by atoms with Crippen molar-refractivity contribution < 1.29 is 0 Å². The first-order valence-electron chi connectivity index (χ1n) is 7.74. The minimum absolute atomic E-state index is 0.852. The molecule has 4 aromatic rings. The highest BCUT2D eigenvalue weighted by Gasteiger charge is 2.06. The normalized spacial score (nSPS) is 10.9. The maximum atomic E-state index is 4.60. The van der Waals surface area contributed by atoms with Crippen LogP contribution in [0.5, 0.6) is 0 Å². The van der Waals surface area contributed by atoms with E-state index in [2.05, 4.69) is 50.3 Å². The number of nitrogens with zero attached hydrogens (tertiary/aromatic N) is 4. The van der Waals surface area contributed by atoms with Gasteiger partial charge in [-0.25, -0.2) is 9.97 Å². The first-order chi connectivity index (χ1) is 11.7. The van der Waals surface area contributed by atoms with Gasteiger partial charge in [0.05, 0.1) is 17.2 Å². The van der Waals surface area contributed by atoms with E-state index in [1.807, 2.05) is 37.3 Å². The van der Waals surface area contributed by atoms with Crippen LogP contribution in [-0.2, 0) is 0 Å². The van der Waals surface area contributed by atoms with Gasteiger partial charge in [0.25, 0.3) is 0 Å². The molecule has 1 aromatic carbocycles. The van der Waals surface area contributed by atoms with Crippen molar-refractivity contribution in [1.82, 2.24) is 19.9 Å². The van der Waals surface area contributed by atoms with E-state index >= 15 is 0 Å². The molecule has 0 spiro atoms. The van der Waals surface area contributed by atoms with E-state index in [-0.39, 0.29) is 0 Å². The van der Waals surface area contributed by atoms with Crippen LogP contribution in [0.3, 0.4) is 0 Å². The quantitative estimate of drug-likeness (QED) is 0.625. The number of benzene rings is 1. The first kappa shape index (κ1) is 14.4. The molecule has 0 bridgehead atoms. The number of fused-ring (bicyclic) bond motifs is 1. The summed E-state index contributed by atoms with van der Waals surface area (Å²) in [5.74, 6) is 1.80. The zero-order valence-electron chi connectivity index (χ0n) is 13.6. The molecule has 1 N–H and O–H groups in total. The van der Waals surface area contributed by atoms with E-state index < -0.39 is 0 Å². The third-order valence-electron chi connectivity index (χ3n) is 3.98. The molecule has 0 unspecified atom stereocenters. The number of nitrogens with one attached hydrogen (secondary N) is 1. The minimum atomic E-state index is 0.852. The molecule has 118 valence electrons. The van der Waals surface area contributed by atoms with Gasteiger partial charge in [-0.15, -0.1) is 0 Å². The average molecular weight is 315 g/mol. The summed E-state index contributed by atoms with van der Waals surface area (Å²) in [5.41, 5.74) is 5.15. The molecule has 0 amide bonds. The van der Waals surface area contributed by atoms with E-state index in [0.29, 0.717) is 0 Å². The van der Waals surface area contributed by atoms with Crippen LogP contribution in [0.15, 0.2) is 61.1 Å². The predicted octanol–water partition coefficient (Wildman–Crippen LogP) is 3.75. The molecule has 0 aliphatic carbocycles. The van der Waals surface area contributed by atoms with E-state index in [1.165, 1.54) is 0 Å². The molecule has 24 heavy (non-hydrogen) atoms. The molecule has 5 heteroatoms. The second-order valence-corrected chi connectivity index (χ2v) is 5.86. The van der Waals surface area contributed by atoms with Crippen LogP contribution < -0.4 is 4.90 Å². The highest BCUT2D eigenvalue weighted by Crippen LogP contribution is 2.25. The second-order valence-electron chi connectivity index (χ2n) is 5.86. The molecular weight excluding hydrogens is 298 g/mol. The van der Waals surface area contributed by atoms with Gasteiger partial charge in [-0.1, -0.05) is 24.3 Å². The first-order valence-corrected chi connectivity index (χ1v) is 7.74. The third-order valence-corrected chi connectivity index (χ3v) is 3.98. The molecule has 3 aromatic heterocycles. The Bertz CT molecular complexity index is 936. The van der Waals surface area contributed by atoms with Crippen LogP contribution in [0.25, 0.3) is 33.5 Å². The Labute approximate surface area is 140 Å². The topological polar surface area (TPSA) is 57.7 Å². The molecule has 0 aliphatic heterocycles. The molecule has 0 fully saturated rings. The number of anilines is 1. The smallest absolute Gasteiger partial charge is 0.138 e. The number of aromatic amines is 1. The zero-order valence-corrected chi connectivity index (χ0v) is 13.6. The lowest BCUT2D eigenvalue weighted by atomic mass is 10.1. The zero-order chi connectivity index (χ0) is 16.5. The summed E-state index contributed by atoms with van der Waals surface area (Å²) in [5, 5.41) is 0. The van der Waals surface area contributed by atoms with E-state index in [0.717, 1.165) is 39.4 Å². The number of H-pyrrole nitrogens is 1. The van der Waals surface area contributed by atoms with E-state index in [9.17, 15) is 0 Å². The Morgan fingerprint density at radius 2 is 1.58 bits per heavy atom. The van der Waals surface area contributed by atoms with Crippen LogP contribution in [0.4, 0.5) is 5.82 Å². The van der Waals surface area contributed by atoms with Gasteiger partial charge in [0.1, 0.15) is 11.6 Å². The van der Waals surface area contributed by atoms with Crippen LogP contribution in [0, 0.1) is 0 Å². The van der Waals surface area contributed by atoms with Crippen molar-refractivity contribution in [2.24, 2.45) is 0 Å². The number of imidazole rings is 1. The fourth-order valence-electron chi connectivity index (χ4n) is 2.64. The van der Waals surface area contributed by atoms with Gasteiger partial charge in [0, 0.05) is 37.6 Å². The van der Waals surface area contributed by atoms with Crippen molar-refractivity contribution in [3.8, 4) is 22.5 Å².